The largest absolute Gasteiger partial charge is 0.346 e. The minimum Gasteiger partial charge on any atom is -0.346 e. The van der Waals surface area contributed by atoms with Crippen LogP contribution >= 0.6 is 11.6 Å². The molecule has 4 nitrogen and oxygen atoms in total. The van der Waals surface area contributed by atoms with Crippen LogP contribution in [0.4, 0.5) is 0 Å². The van der Waals surface area contributed by atoms with Gasteiger partial charge < -0.3 is 14.0 Å². The molecule has 0 aliphatic heterocycles. The molecule has 1 aromatic carbocycles. The van der Waals surface area contributed by atoms with E-state index >= 15 is 0 Å². The van der Waals surface area contributed by atoms with Crippen molar-refractivity contribution in [3.8, 4) is 5.69 Å². The number of fused-ring (bicyclic) bond motifs is 1. The Kier molecular flexibility index (Phi) is 4.50. The second-order valence-electron chi connectivity index (χ2n) is 5.37. The first kappa shape index (κ1) is 15.1. The third-order valence-corrected chi connectivity index (χ3v) is 4.48. The number of hydrogen-bond donors (Lipinski definition) is 0. The number of benzene rings is 1. The fraction of sp³-hybridized carbons (Fsp3) is 0.353. The van der Waals surface area contributed by atoms with Crippen LogP contribution in [0.5, 0.6) is 0 Å². The summed E-state index contributed by atoms with van der Waals surface area (Å²) in [5.74, 6) is 0. The summed E-state index contributed by atoms with van der Waals surface area (Å²) in [6.45, 7) is 8.60. The molecular formula is C17H21ClN4. The smallest absolute Gasteiger partial charge is 0.0992 e. The lowest BCUT2D eigenvalue weighted by Gasteiger charge is -2.18. The number of likely N-dealkylation sites (N-methyl/N-ethyl adjacent to an activating group) is 1. The fourth-order valence-corrected chi connectivity index (χ4v) is 3.04. The standard InChI is InChI=1S/C17H21ClN4/c1-3-20(4-2)9-10-21-7-5-14-11-17(15(18)12-16(14)21)22-8-6-19-13-22/h5-8,11-13H,3-4,9-10H2,1-2H3. The molecule has 0 saturated carbocycles. The molecular weight excluding hydrogens is 296 g/mol. The maximum Gasteiger partial charge on any atom is 0.0992 e. The van der Waals surface area contributed by atoms with E-state index in [2.05, 4.69) is 52.7 Å². The first-order valence-electron chi connectivity index (χ1n) is 7.72. The van der Waals surface area contributed by atoms with Crippen LogP contribution in [0.2, 0.25) is 5.02 Å². The molecule has 3 aromatic rings. The minimum atomic E-state index is 0.744. The highest BCUT2D eigenvalue weighted by Crippen LogP contribution is 2.27. The first-order chi connectivity index (χ1) is 10.7. The van der Waals surface area contributed by atoms with Gasteiger partial charge in [0.1, 0.15) is 0 Å². The van der Waals surface area contributed by atoms with E-state index in [0.717, 1.165) is 36.9 Å². The number of hydrogen-bond acceptors (Lipinski definition) is 2. The molecule has 0 unspecified atom stereocenters. The van der Waals surface area contributed by atoms with Crippen molar-refractivity contribution >= 4 is 22.5 Å². The van der Waals surface area contributed by atoms with Gasteiger partial charge in [-0.25, -0.2) is 4.98 Å². The molecule has 0 radical (unpaired) electrons. The fourth-order valence-electron chi connectivity index (χ4n) is 2.78. The molecule has 3 rings (SSSR count). The molecule has 2 aromatic heterocycles. The van der Waals surface area contributed by atoms with Crippen molar-refractivity contribution < 1.29 is 0 Å². The van der Waals surface area contributed by atoms with E-state index in [-0.39, 0.29) is 0 Å². The molecule has 0 spiro atoms. The summed E-state index contributed by atoms with van der Waals surface area (Å²) in [4.78, 5) is 6.51. The summed E-state index contributed by atoms with van der Waals surface area (Å²) in [6.07, 6.45) is 7.58. The van der Waals surface area contributed by atoms with Gasteiger partial charge in [0.25, 0.3) is 0 Å². The van der Waals surface area contributed by atoms with Crippen LogP contribution < -0.4 is 0 Å². The summed E-state index contributed by atoms with van der Waals surface area (Å²) >= 11 is 6.47. The first-order valence-corrected chi connectivity index (χ1v) is 8.09. The molecule has 0 atom stereocenters. The zero-order chi connectivity index (χ0) is 15.5. The number of nitrogens with zero attached hydrogens (tertiary/aromatic N) is 4. The lowest BCUT2D eigenvalue weighted by atomic mass is 10.2. The quantitative estimate of drug-likeness (QED) is 0.691. The van der Waals surface area contributed by atoms with E-state index in [9.17, 15) is 0 Å². The van der Waals surface area contributed by atoms with Gasteiger partial charge in [0.15, 0.2) is 0 Å². The van der Waals surface area contributed by atoms with Crippen LogP contribution in [-0.2, 0) is 6.54 Å². The van der Waals surface area contributed by atoms with Gasteiger partial charge in [0, 0.05) is 42.6 Å². The highest BCUT2D eigenvalue weighted by atomic mass is 35.5. The lowest BCUT2D eigenvalue weighted by molar-refractivity contribution is 0.292. The Labute approximate surface area is 135 Å². The van der Waals surface area contributed by atoms with Crippen LogP contribution in [0.3, 0.4) is 0 Å². The average Bonchev–Trinajstić information content (AvgIpc) is 3.17. The summed E-state index contributed by atoms with van der Waals surface area (Å²) in [5, 5.41) is 1.95. The number of imidazole rings is 1. The summed E-state index contributed by atoms with van der Waals surface area (Å²) in [5.41, 5.74) is 2.15. The summed E-state index contributed by atoms with van der Waals surface area (Å²) < 4.78 is 4.21. The van der Waals surface area contributed by atoms with Gasteiger partial charge >= 0.3 is 0 Å². The zero-order valence-electron chi connectivity index (χ0n) is 13.0. The maximum absolute atomic E-state index is 6.47. The van der Waals surface area contributed by atoms with Crippen molar-refractivity contribution in [1.82, 2.24) is 19.0 Å². The van der Waals surface area contributed by atoms with E-state index in [1.54, 1.807) is 12.5 Å². The molecule has 0 bridgehead atoms. The SMILES string of the molecule is CCN(CC)CCn1ccc2cc(-n3ccnc3)c(Cl)cc21. The van der Waals surface area contributed by atoms with Crippen molar-refractivity contribution in [1.29, 1.82) is 0 Å². The van der Waals surface area contributed by atoms with Crippen molar-refractivity contribution in [2.24, 2.45) is 0 Å². The van der Waals surface area contributed by atoms with Gasteiger partial charge in [-0.2, -0.15) is 0 Å². The Morgan fingerprint density at radius 1 is 1.18 bits per heavy atom. The second-order valence-corrected chi connectivity index (χ2v) is 5.78. The van der Waals surface area contributed by atoms with Gasteiger partial charge in [0.05, 0.1) is 17.0 Å². The van der Waals surface area contributed by atoms with Gasteiger partial charge in [-0.3, -0.25) is 0 Å². The van der Waals surface area contributed by atoms with E-state index in [0.29, 0.717) is 0 Å². The van der Waals surface area contributed by atoms with E-state index < -0.39 is 0 Å². The second kappa shape index (κ2) is 6.55. The topological polar surface area (TPSA) is 26.0 Å². The molecule has 22 heavy (non-hydrogen) atoms. The highest BCUT2D eigenvalue weighted by molar-refractivity contribution is 6.33. The van der Waals surface area contributed by atoms with Crippen LogP contribution in [0.1, 0.15) is 13.8 Å². The molecule has 0 saturated heterocycles. The Bertz CT molecular complexity index is 741. The number of rotatable bonds is 6. The average molecular weight is 317 g/mol. The molecule has 0 amide bonds. The molecule has 0 fully saturated rings. The van der Waals surface area contributed by atoms with Gasteiger partial charge in [-0.15, -0.1) is 0 Å². The number of halogens is 1. The van der Waals surface area contributed by atoms with E-state index in [1.165, 1.54) is 10.9 Å². The summed E-state index contributed by atoms with van der Waals surface area (Å²) in [7, 11) is 0. The van der Waals surface area contributed by atoms with E-state index in [1.807, 2.05) is 10.8 Å². The van der Waals surface area contributed by atoms with Gasteiger partial charge in [0.2, 0.25) is 0 Å². The zero-order valence-corrected chi connectivity index (χ0v) is 13.8. The Hall–Kier alpha value is -1.78. The van der Waals surface area contributed by atoms with E-state index in [4.69, 9.17) is 11.6 Å². The third kappa shape index (κ3) is 2.89. The normalized spacial score (nSPS) is 11.6. The highest BCUT2D eigenvalue weighted by Gasteiger charge is 2.09. The van der Waals surface area contributed by atoms with Crippen LogP contribution in [-0.4, -0.2) is 38.7 Å². The van der Waals surface area contributed by atoms with Crippen molar-refractivity contribution in [3.05, 3.63) is 48.1 Å². The van der Waals surface area contributed by atoms with Crippen molar-refractivity contribution in [2.75, 3.05) is 19.6 Å². The molecule has 0 N–H and O–H groups in total. The van der Waals surface area contributed by atoms with Crippen molar-refractivity contribution in [2.45, 2.75) is 20.4 Å². The van der Waals surface area contributed by atoms with Gasteiger partial charge in [-0.05, 0) is 31.3 Å². The Morgan fingerprint density at radius 3 is 2.68 bits per heavy atom. The molecule has 116 valence electrons. The molecule has 2 heterocycles. The van der Waals surface area contributed by atoms with Crippen molar-refractivity contribution in [3.63, 3.8) is 0 Å². The summed E-state index contributed by atoms with van der Waals surface area (Å²) in [6, 6.07) is 6.32. The van der Waals surface area contributed by atoms with Crippen LogP contribution in [0.25, 0.3) is 16.6 Å². The number of aromatic nitrogens is 3. The molecule has 5 heteroatoms. The Balaban J connectivity index is 1.90. The molecule has 0 aliphatic carbocycles. The van der Waals surface area contributed by atoms with Gasteiger partial charge in [-0.1, -0.05) is 25.4 Å². The van der Waals surface area contributed by atoms with Crippen LogP contribution in [0.15, 0.2) is 43.1 Å². The van der Waals surface area contributed by atoms with Crippen LogP contribution in [0, 0.1) is 0 Å². The minimum absolute atomic E-state index is 0.744. The Morgan fingerprint density at radius 2 is 2.00 bits per heavy atom. The lowest BCUT2D eigenvalue weighted by Crippen LogP contribution is -2.26. The third-order valence-electron chi connectivity index (χ3n) is 4.17. The predicted molar refractivity (Wildman–Crippen MR) is 91.9 cm³/mol. The predicted octanol–water partition coefficient (Wildman–Crippen LogP) is 3.82. The maximum atomic E-state index is 6.47. The molecule has 0 aliphatic rings. The monoisotopic (exact) mass is 316 g/mol.